The molecule has 0 saturated carbocycles. The topological polar surface area (TPSA) is 69.0 Å². The zero-order chi connectivity index (χ0) is 22.7. The predicted octanol–water partition coefficient (Wildman–Crippen LogP) is 5.33. The van der Waals surface area contributed by atoms with Gasteiger partial charge >= 0.3 is 0 Å². The Morgan fingerprint density at radius 1 is 1.16 bits per heavy atom. The molecular formula is C24H23FN4O2S. The number of hydrogen-bond acceptors (Lipinski definition) is 5. The van der Waals surface area contributed by atoms with Crippen LogP contribution in [0.5, 0.6) is 5.75 Å². The summed E-state index contributed by atoms with van der Waals surface area (Å²) in [6, 6.07) is 13.6. The number of ether oxygens (including phenoxy) is 1. The van der Waals surface area contributed by atoms with Gasteiger partial charge in [-0.25, -0.2) is 14.1 Å². The summed E-state index contributed by atoms with van der Waals surface area (Å²) in [5, 5.41) is 10.1. The maximum atomic E-state index is 13.2. The zero-order valence-corrected chi connectivity index (χ0v) is 18.9. The van der Waals surface area contributed by atoms with E-state index >= 15 is 0 Å². The second kappa shape index (κ2) is 9.32. The van der Waals surface area contributed by atoms with Gasteiger partial charge in [-0.1, -0.05) is 12.1 Å². The van der Waals surface area contributed by atoms with Crippen LogP contribution >= 0.6 is 11.3 Å². The summed E-state index contributed by atoms with van der Waals surface area (Å²) >= 11 is 1.45. The Kier molecular flexibility index (Phi) is 6.32. The Balaban J connectivity index is 1.54. The summed E-state index contributed by atoms with van der Waals surface area (Å²) in [5.74, 6) is 0.215. The monoisotopic (exact) mass is 450 g/mol. The molecule has 0 aliphatic heterocycles. The minimum Gasteiger partial charge on any atom is -0.492 e. The van der Waals surface area contributed by atoms with Crippen molar-refractivity contribution in [3.63, 3.8) is 0 Å². The number of nitrogens with zero attached hydrogens (tertiary/aromatic N) is 3. The number of aromatic nitrogens is 3. The van der Waals surface area contributed by atoms with Gasteiger partial charge in [0.2, 0.25) is 11.0 Å². The summed E-state index contributed by atoms with van der Waals surface area (Å²) in [6.45, 7) is 6.23. The van der Waals surface area contributed by atoms with E-state index in [2.05, 4.69) is 15.4 Å². The maximum Gasteiger partial charge on any atom is 0.229 e. The molecule has 6 nitrogen and oxygen atoms in total. The SMILES string of the molecule is CCOc1ccccc1NC(=O)Cc1c(C)nn(-c2nc(-c3ccc(F)cc3)cs2)c1C. The highest BCUT2D eigenvalue weighted by atomic mass is 32.1. The molecule has 0 aliphatic carbocycles. The van der Waals surface area contributed by atoms with Gasteiger partial charge in [-0.05, 0) is 57.2 Å². The number of benzene rings is 2. The highest BCUT2D eigenvalue weighted by Crippen LogP contribution is 2.27. The van der Waals surface area contributed by atoms with Gasteiger partial charge < -0.3 is 10.1 Å². The predicted molar refractivity (Wildman–Crippen MR) is 124 cm³/mol. The molecule has 0 aliphatic rings. The first-order valence-corrected chi connectivity index (χ1v) is 11.1. The summed E-state index contributed by atoms with van der Waals surface area (Å²) in [5.41, 5.74) is 4.72. The lowest BCUT2D eigenvalue weighted by molar-refractivity contribution is -0.115. The van der Waals surface area contributed by atoms with E-state index in [4.69, 9.17) is 4.74 Å². The van der Waals surface area contributed by atoms with Crippen molar-refractivity contribution in [3.8, 4) is 22.1 Å². The van der Waals surface area contributed by atoms with Crippen LogP contribution in [-0.4, -0.2) is 27.3 Å². The van der Waals surface area contributed by atoms with E-state index in [9.17, 15) is 9.18 Å². The molecule has 8 heteroatoms. The van der Waals surface area contributed by atoms with Crippen molar-refractivity contribution in [2.24, 2.45) is 0 Å². The standard InChI is InChI=1S/C24H23FN4O2S/c1-4-31-22-8-6-5-7-20(22)26-23(30)13-19-15(2)28-29(16(19)3)24-27-21(14-32-24)17-9-11-18(25)12-10-17/h5-12,14H,4,13H2,1-3H3,(H,26,30). The number of amides is 1. The van der Waals surface area contributed by atoms with E-state index < -0.39 is 0 Å². The second-order valence-corrected chi connectivity index (χ2v) is 8.07. The van der Waals surface area contributed by atoms with E-state index in [1.807, 2.05) is 50.4 Å². The summed E-state index contributed by atoms with van der Waals surface area (Å²) in [6.07, 6.45) is 0.189. The van der Waals surface area contributed by atoms with Crippen molar-refractivity contribution in [2.45, 2.75) is 27.2 Å². The number of thiazole rings is 1. The molecule has 0 radical (unpaired) electrons. The third-order valence-corrected chi connectivity index (χ3v) is 5.87. The second-order valence-electron chi connectivity index (χ2n) is 7.24. The van der Waals surface area contributed by atoms with Crippen molar-refractivity contribution in [2.75, 3.05) is 11.9 Å². The van der Waals surface area contributed by atoms with Crippen LogP contribution in [0, 0.1) is 19.7 Å². The van der Waals surface area contributed by atoms with Crippen molar-refractivity contribution in [3.05, 3.63) is 76.7 Å². The van der Waals surface area contributed by atoms with Crippen LogP contribution in [0.15, 0.2) is 53.9 Å². The molecule has 2 aromatic carbocycles. The molecule has 0 atom stereocenters. The van der Waals surface area contributed by atoms with Crippen LogP contribution < -0.4 is 10.1 Å². The lowest BCUT2D eigenvalue weighted by Crippen LogP contribution is -2.16. The van der Waals surface area contributed by atoms with Crippen LogP contribution in [0.25, 0.3) is 16.4 Å². The van der Waals surface area contributed by atoms with E-state index in [1.165, 1.54) is 23.5 Å². The fourth-order valence-corrected chi connectivity index (χ4v) is 4.27. The quantitative estimate of drug-likeness (QED) is 0.413. The van der Waals surface area contributed by atoms with Crippen molar-refractivity contribution >= 4 is 22.9 Å². The molecule has 2 heterocycles. The first-order valence-electron chi connectivity index (χ1n) is 10.2. The van der Waals surface area contributed by atoms with E-state index in [0.717, 1.165) is 28.2 Å². The number of aryl methyl sites for hydroxylation is 1. The fourth-order valence-electron chi connectivity index (χ4n) is 3.44. The Bertz CT molecular complexity index is 1250. The molecule has 0 fully saturated rings. The molecule has 1 amide bonds. The van der Waals surface area contributed by atoms with Crippen LogP contribution in [0.2, 0.25) is 0 Å². The molecule has 0 spiro atoms. The molecule has 4 aromatic rings. The van der Waals surface area contributed by atoms with Gasteiger partial charge in [0.15, 0.2) is 0 Å². The largest absolute Gasteiger partial charge is 0.492 e. The molecule has 1 N–H and O–H groups in total. The summed E-state index contributed by atoms with van der Waals surface area (Å²) in [4.78, 5) is 17.4. The van der Waals surface area contributed by atoms with Crippen molar-refractivity contribution in [1.82, 2.24) is 14.8 Å². The smallest absolute Gasteiger partial charge is 0.229 e. The first-order chi connectivity index (χ1) is 15.5. The summed E-state index contributed by atoms with van der Waals surface area (Å²) in [7, 11) is 0. The highest BCUT2D eigenvalue weighted by molar-refractivity contribution is 7.12. The summed E-state index contributed by atoms with van der Waals surface area (Å²) < 4.78 is 20.5. The van der Waals surface area contributed by atoms with Crippen molar-refractivity contribution < 1.29 is 13.9 Å². The lowest BCUT2D eigenvalue weighted by Gasteiger charge is -2.11. The molecule has 32 heavy (non-hydrogen) atoms. The molecule has 0 saturated heterocycles. The van der Waals surface area contributed by atoms with Gasteiger partial charge in [-0.15, -0.1) is 11.3 Å². The van der Waals surface area contributed by atoms with E-state index in [-0.39, 0.29) is 18.1 Å². The van der Waals surface area contributed by atoms with Gasteiger partial charge in [-0.2, -0.15) is 5.10 Å². The number of hydrogen-bond donors (Lipinski definition) is 1. The molecule has 164 valence electrons. The van der Waals surface area contributed by atoms with Gasteiger partial charge in [0.1, 0.15) is 11.6 Å². The van der Waals surface area contributed by atoms with Gasteiger partial charge in [0, 0.05) is 22.2 Å². The molecule has 0 bridgehead atoms. The third kappa shape index (κ3) is 4.55. The van der Waals surface area contributed by atoms with Crippen LogP contribution in [0.1, 0.15) is 23.9 Å². The maximum absolute atomic E-state index is 13.2. The normalized spacial score (nSPS) is 10.9. The number of carbonyl (C=O) groups is 1. The van der Waals surface area contributed by atoms with Gasteiger partial charge in [0.25, 0.3) is 0 Å². The molecular weight excluding hydrogens is 427 g/mol. The average molecular weight is 451 g/mol. The lowest BCUT2D eigenvalue weighted by atomic mass is 10.1. The Hall–Kier alpha value is -3.52. The minimum atomic E-state index is -0.283. The minimum absolute atomic E-state index is 0.144. The van der Waals surface area contributed by atoms with Crippen LogP contribution in [0.4, 0.5) is 10.1 Å². The van der Waals surface area contributed by atoms with Crippen molar-refractivity contribution in [1.29, 1.82) is 0 Å². The highest BCUT2D eigenvalue weighted by Gasteiger charge is 2.19. The number of nitrogens with one attached hydrogen (secondary N) is 1. The first kappa shape index (κ1) is 21.7. The fraction of sp³-hybridized carbons (Fsp3) is 0.208. The van der Waals surface area contributed by atoms with Crippen LogP contribution in [-0.2, 0) is 11.2 Å². The number of carbonyl (C=O) groups excluding carboxylic acids is 1. The number of rotatable bonds is 7. The number of halogens is 1. The third-order valence-electron chi connectivity index (χ3n) is 5.05. The molecule has 2 aromatic heterocycles. The van der Waals surface area contributed by atoms with E-state index in [1.54, 1.807) is 16.8 Å². The molecule has 0 unspecified atom stereocenters. The van der Waals surface area contributed by atoms with Gasteiger partial charge in [-0.3, -0.25) is 4.79 Å². The van der Waals surface area contributed by atoms with Crippen LogP contribution in [0.3, 0.4) is 0 Å². The zero-order valence-electron chi connectivity index (χ0n) is 18.1. The Morgan fingerprint density at radius 3 is 2.66 bits per heavy atom. The van der Waals surface area contributed by atoms with E-state index in [0.29, 0.717) is 23.2 Å². The molecule has 4 rings (SSSR count). The Morgan fingerprint density at radius 2 is 1.91 bits per heavy atom. The van der Waals surface area contributed by atoms with Gasteiger partial charge in [0.05, 0.1) is 30.1 Å². The average Bonchev–Trinajstić information content (AvgIpc) is 3.36. The number of anilines is 1. The number of para-hydroxylation sites is 2. The Labute approximate surface area is 189 Å².